The smallest absolute Gasteiger partial charge is 0.285 e. The number of amides is 1. The summed E-state index contributed by atoms with van der Waals surface area (Å²) in [6.07, 6.45) is 1.14. The second kappa shape index (κ2) is 8.39. The van der Waals surface area contributed by atoms with Gasteiger partial charge >= 0.3 is 0 Å². The van der Waals surface area contributed by atoms with Gasteiger partial charge in [-0.1, -0.05) is 23.7 Å². The molecule has 8 nitrogen and oxygen atoms in total. The standard InChI is InChI=1S/C21H22ClN3O5S/c1-29-17-12-16(18(30-2)11-15(17)22)23-21(26)13-7-9-25(10-8-13)20-14-5-3-4-6-19(14)31(27,28)24-20/h3-6,11-13H,7-10H2,1-2H3,(H,23,26). The Hall–Kier alpha value is -2.78. The van der Waals surface area contributed by atoms with Crippen molar-refractivity contribution < 1.29 is 22.7 Å². The van der Waals surface area contributed by atoms with Crippen LogP contribution in [0.1, 0.15) is 18.4 Å². The third-order valence-corrected chi connectivity index (χ3v) is 7.13. The topological polar surface area (TPSA) is 97.3 Å². The Morgan fingerprint density at radius 3 is 2.48 bits per heavy atom. The van der Waals surface area contributed by atoms with Gasteiger partial charge in [-0.05, 0) is 25.0 Å². The third-order valence-electron chi connectivity index (χ3n) is 5.51. The van der Waals surface area contributed by atoms with Crippen molar-refractivity contribution in [3.63, 3.8) is 0 Å². The van der Waals surface area contributed by atoms with E-state index in [1.807, 2.05) is 4.90 Å². The van der Waals surface area contributed by atoms with E-state index < -0.39 is 10.0 Å². The fraction of sp³-hybridized carbons (Fsp3) is 0.333. The summed E-state index contributed by atoms with van der Waals surface area (Å²) in [6.45, 7) is 1.06. The van der Waals surface area contributed by atoms with Gasteiger partial charge in [-0.3, -0.25) is 4.79 Å². The van der Waals surface area contributed by atoms with Crippen molar-refractivity contribution in [3.05, 3.63) is 47.0 Å². The third kappa shape index (κ3) is 4.07. The number of halogens is 1. The van der Waals surface area contributed by atoms with Crippen LogP contribution >= 0.6 is 11.6 Å². The monoisotopic (exact) mass is 463 g/mol. The van der Waals surface area contributed by atoms with Gasteiger partial charge in [-0.2, -0.15) is 8.42 Å². The molecule has 0 aliphatic carbocycles. The van der Waals surface area contributed by atoms with Gasteiger partial charge in [0.05, 0.1) is 24.9 Å². The van der Waals surface area contributed by atoms with E-state index >= 15 is 0 Å². The average Bonchev–Trinajstić information content (AvgIpc) is 3.05. The Labute approximate surface area is 185 Å². The highest BCUT2D eigenvalue weighted by atomic mass is 35.5. The first-order chi connectivity index (χ1) is 14.8. The van der Waals surface area contributed by atoms with Crippen molar-refractivity contribution in [2.75, 3.05) is 32.6 Å². The summed E-state index contributed by atoms with van der Waals surface area (Å²) in [5, 5.41) is 3.29. The van der Waals surface area contributed by atoms with Gasteiger partial charge in [0.2, 0.25) is 5.91 Å². The molecule has 2 aliphatic rings. The fourth-order valence-corrected chi connectivity index (χ4v) is 5.32. The molecule has 31 heavy (non-hydrogen) atoms. The van der Waals surface area contributed by atoms with Crippen LogP contribution in [0.4, 0.5) is 5.69 Å². The zero-order chi connectivity index (χ0) is 22.2. The number of carbonyl (C=O) groups excluding carboxylic acids is 1. The first-order valence-electron chi connectivity index (χ1n) is 9.75. The SMILES string of the molecule is COc1cc(NC(=O)C2CCN(C3=NS(=O)(=O)c4ccccc43)CC2)c(OC)cc1Cl. The van der Waals surface area contributed by atoms with E-state index in [0.717, 1.165) is 0 Å². The molecule has 164 valence electrons. The van der Waals surface area contributed by atoms with E-state index in [1.165, 1.54) is 14.2 Å². The van der Waals surface area contributed by atoms with Gasteiger partial charge < -0.3 is 19.7 Å². The zero-order valence-electron chi connectivity index (χ0n) is 17.1. The first-order valence-corrected chi connectivity index (χ1v) is 11.6. The molecule has 1 saturated heterocycles. The first kappa shape index (κ1) is 21.5. The van der Waals surface area contributed by atoms with E-state index in [-0.39, 0.29) is 16.7 Å². The average molecular weight is 464 g/mol. The number of hydrogen-bond donors (Lipinski definition) is 1. The van der Waals surface area contributed by atoms with Gasteiger partial charge in [0.15, 0.2) is 5.84 Å². The van der Waals surface area contributed by atoms with Crippen LogP contribution in [-0.4, -0.2) is 52.4 Å². The van der Waals surface area contributed by atoms with Crippen LogP contribution in [0.25, 0.3) is 0 Å². The van der Waals surface area contributed by atoms with Crippen molar-refractivity contribution in [2.45, 2.75) is 17.7 Å². The van der Waals surface area contributed by atoms with E-state index in [4.69, 9.17) is 21.1 Å². The summed E-state index contributed by atoms with van der Waals surface area (Å²) in [7, 11) is -0.662. The molecule has 0 bridgehead atoms. The Balaban J connectivity index is 1.45. The fourth-order valence-electron chi connectivity index (χ4n) is 3.86. The number of hydrogen-bond acceptors (Lipinski definition) is 6. The lowest BCUT2D eigenvalue weighted by Crippen LogP contribution is -2.41. The predicted molar refractivity (Wildman–Crippen MR) is 118 cm³/mol. The number of nitrogens with one attached hydrogen (secondary N) is 1. The Morgan fingerprint density at radius 1 is 1.13 bits per heavy atom. The number of anilines is 1. The van der Waals surface area contributed by atoms with Crippen LogP contribution in [-0.2, 0) is 14.8 Å². The summed E-state index contributed by atoms with van der Waals surface area (Å²) in [5.41, 5.74) is 1.10. The van der Waals surface area contributed by atoms with Crippen molar-refractivity contribution in [3.8, 4) is 11.5 Å². The normalized spacial score (nSPS) is 17.6. The van der Waals surface area contributed by atoms with Crippen molar-refractivity contribution in [1.29, 1.82) is 0 Å². The lowest BCUT2D eigenvalue weighted by molar-refractivity contribution is -0.121. The van der Waals surface area contributed by atoms with Crippen molar-refractivity contribution in [2.24, 2.45) is 10.3 Å². The Bertz CT molecular complexity index is 1160. The molecule has 4 rings (SSSR count). The zero-order valence-corrected chi connectivity index (χ0v) is 18.7. The van der Waals surface area contributed by atoms with E-state index in [2.05, 4.69) is 9.71 Å². The molecule has 2 aliphatic heterocycles. The van der Waals surface area contributed by atoms with Crippen LogP contribution in [0.15, 0.2) is 45.7 Å². The molecule has 2 aromatic rings. The minimum atomic E-state index is -3.66. The number of fused-ring (bicyclic) bond motifs is 1. The number of piperidine rings is 1. The summed E-state index contributed by atoms with van der Waals surface area (Å²) in [6, 6.07) is 10.0. The number of sulfonamides is 1. The maximum atomic E-state index is 12.9. The van der Waals surface area contributed by atoms with Crippen molar-refractivity contribution in [1.82, 2.24) is 4.90 Å². The molecule has 10 heteroatoms. The molecule has 0 unspecified atom stereocenters. The lowest BCUT2D eigenvalue weighted by Gasteiger charge is -2.32. The summed E-state index contributed by atoms with van der Waals surface area (Å²) in [5.74, 6) is 0.976. The minimum Gasteiger partial charge on any atom is -0.495 e. The highest BCUT2D eigenvalue weighted by Crippen LogP contribution is 2.36. The van der Waals surface area contributed by atoms with E-state index in [0.29, 0.717) is 59.5 Å². The largest absolute Gasteiger partial charge is 0.495 e. The molecule has 1 N–H and O–H groups in total. The maximum Gasteiger partial charge on any atom is 0.285 e. The summed E-state index contributed by atoms with van der Waals surface area (Å²) >= 11 is 6.12. The number of ether oxygens (including phenoxy) is 2. The molecule has 0 atom stereocenters. The maximum absolute atomic E-state index is 12.9. The minimum absolute atomic E-state index is 0.135. The summed E-state index contributed by atoms with van der Waals surface area (Å²) < 4.78 is 39.1. The molecule has 0 spiro atoms. The van der Waals surface area contributed by atoms with E-state index in [1.54, 1.807) is 36.4 Å². The molecule has 1 fully saturated rings. The Kier molecular flexibility index (Phi) is 5.81. The second-order valence-electron chi connectivity index (χ2n) is 7.32. The van der Waals surface area contributed by atoms with Gasteiger partial charge in [-0.25, -0.2) is 0 Å². The second-order valence-corrected chi connectivity index (χ2v) is 9.30. The number of carbonyl (C=O) groups is 1. The van der Waals surface area contributed by atoms with Crippen LogP contribution in [0.2, 0.25) is 5.02 Å². The van der Waals surface area contributed by atoms with Gasteiger partial charge in [-0.15, -0.1) is 4.40 Å². The van der Waals surface area contributed by atoms with Gasteiger partial charge in [0.1, 0.15) is 16.4 Å². The number of rotatable bonds is 4. The number of methoxy groups -OCH3 is 2. The molecular formula is C21H22ClN3O5S. The van der Waals surface area contributed by atoms with Crippen LogP contribution < -0.4 is 14.8 Å². The molecule has 2 aromatic carbocycles. The molecule has 0 aromatic heterocycles. The highest BCUT2D eigenvalue weighted by Gasteiger charge is 2.34. The van der Waals surface area contributed by atoms with Crippen LogP contribution in [0.3, 0.4) is 0 Å². The highest BCUT2D eigenvalue weighted by molar-refractivity contribution is 7.90. The molecule has 0 saturated carbocycles. The predicted octanol–water partition coefficient (Wildman–Crippen LogP) is 3.16. The summed E-state index contributed by atoms with van der Waals surface area (Å²) in [4.78, 5) is 15.0. The molecule has 1 amide bonds. The van der Waals surface area contributed by atoms with E-state index in [9.17, 15) is 13.2 Å². The number of benzene rings is 2. The molecular weight excluding hydrogens is 442 g/mol. The molecule has 0 radical (unpaired) electrons. The Morgan fingerprint density at radius 2 is 1.81 bits per heavy atom. The van der Waals surface area contributed by atoms with Crippen LogP contribution in [0.5, 0.6) is 11.5 Å². The van der Waals surface area contributed by atoms with Crippen molar-refractivity contribution >= 4 is 39.1 Å². The number of amidine groups is 1. The van der Waals surface area contributed by atoms with Gasteiger partial charge in [0.25, 0.3) is 10.0 Å². The number of nitrogens with zero attached hydrogens (tertiary/aromatic N) is 2. The van der Waals surface area contributed by atoms with Crippen LogP contribution in [0, 0.1) is 5.92 Å². The lowest BCUT2D eigenvalue weighted by atomic mass is 9.95. The van der Waals surface area contributed by atoms with Gasteiger partial charge in [0, 0.05) is 36.7 Å². The quantitative estimate of drug-likeness (QED) is 0.748. The number of likely N-dealkylation sites (tertiary alicyclic amines) is 1. The molecule has 2 heterocycles.